The number of benzene rings is 1. The third-order valence-corrected chi connectivity index (χ3v) is 2.59. The maximum atomic E-state index is 12.2. The summed E-state index contributed by atoms with van der Waals surface area (Å²) in [6.45, 7) is 1.50. The van der Waals surface area contributed by atoms with Crippen LogP contribution in [-0.2, 0) is 6.54 Å². The van der Waals surface area contributed by atoms with Gasteiger partial charge in [0, 0.05) is 18.7 Å². The minimum atomic E-state index is -4.24. The van der Waals surface area contributed by atoms with Crippen LogP contribution in [0.2, 0.25) is 0 Å². The van der Waals surface area contributed by atoms with Crippen molar-refractivity contribution < 1.29 is 22.8 Å². The van der Waals surface area contributed by atoms with Gasteiger partial charge in [0.2, 0.25) is 0 Å². The molecule has 0 spiro atoms. The Morgan fingerprint density at radius 2 is 2.05 bits per heavy atom. The summed E-state index contributed by atoms with van der Waals surface area (Å²) in [7, 11) is 1.36. The fourth-order valence-corrected chi connectivity index (χ4v) is 1.68. The van der Waals surface area contributed by atoms with Crippen LogP contribution in [0.3, 0.4) is 0 Å². The summed E-state index contributed by atoms with van der Waals surface area (Å²) in [5, 5.41) is 13.4. The monoisotopic (exact) mass is 292 g/mol. The lowest BCUT2D eigenvalue weighted by Crippen LogP contribution is -2.30. The summed E-state index contributed by atoms with van der Waals surface area (Å²) >= 11 is 0. The molecule has 1 aromatic rings. The molecule has 0 aliphatic carbocycles. The highest BCUT2D eigenvalue weighted by Crippen LogP contribution is 2.24. The number of nitrogens with one attached hydrogen (secondary N) is 1. The van der Waals surface area contributed by atoms with Crippen molar-refractivity contribution in [3.05, 3.63) is 33.9 Å². The van der Waals surface area contributed by atoms with Crippen LogP contribution < -0.4 is 10.1 Å². The summed E-state index contributed by atoms with van der Waals surface area (Å²) in [5.74, 6) is 0.291. The lowest BCUT2D eigenvalue weighted by atomic mass is 10.1. The highest BCUT2D eigenvalue weighted by atomic mass is 19.4. The van der Waals surface area contributed by atoms with Gasteiger partial charge in [-0.25, -0.2) is 0 Å². The van der Waals surface area contributed by atoms with E-state index in [-0.39, 0.29) is 12.2 Å². The van der Waals surface area contributed by atoms with E-state index in [9.17, 15) is 23.3 Å². The Morgan fingerprint density at radius 3 is 2.55 bits per heavy atom. The minimum absolute atomic E-state index is 0.0925. The van der Waals surface area contributed by atoms with E-state index in [1.807, 2.05) is 0 Å². The lowest BCUT2D eigenvalue weighted by molar-refractivity contribution is -0.385. The van der Waals surface area contributed by atoms with Crippen LogP contribution >= 0.6 is 0 Å². The van der Waals surface area contributed by atoms with E-state index in [1.165, 1.54) is 26.2 Å². The summed E-state index contributed by atoms with van der Waals surface area (Å²) in [6.07, 6.45) is -5.20. The number of hydrogen-bond donors (Lipinski definition) is 1. The summed E-state index contributed by atoms with van der Waals surface area (Å²) in [5.41, 5.74) is 0.328. The van der Waals surface area contributed by atoms with Gasteiger partial charge in [0.25, 0.3) is 5.69 Å². The zero-order valence-electron chi connectivity index (χ0n) is 11.0. The van der Waals surface area contributed by atoms with Crippen LogP contribution in [0.5, 0.6) is 5.75 Å². The summed E-state index contributed by atoms with van der Waals surface area (Å²) in [6, 6.07) is 3.32. The van der Waals surface area contributed by atoms with Crippen LogP contribution in [0.15, 0.2) is 18.2 Å². The second-order valence-corrected chi connectivity index (χ2v) is 4.40. The number of halogens is 3. The largest absolute Gasteiger partial charge is 0.496 e. The second-order valence-electron chi connectivity index (χ2n) is 4.40. The standard InChI is InChI=1S/C12H15F3N2O3/c1-8(6-12(13,14)15)16-7-9-3-10(17(18)19)5-11(4-9)20-2/h3-5,8,16H,6-7H2,1-2H3. The van der Waals surface area contributed by atoms with Gasteiger partial charge in [-0.2, -0.15) is 13.2 Å². The fraction of sp³-hybridized carbons (Fsp3) is 0.500. The highest BCUT2D eigenvalue weighted by molar-refractivity contribution is 5.42. The molecule has 0 fully saturated rings. The van der Waals surface area contributed by atoms with Crippen molar-refractivity contribution in [1.29, 1.82) is 0 Å². The number of nitro benzene ring substituents is 1. The fourth-order valence-electron chi connectivity index (χ4n) is 1.68. The average molecular weight is 292 g/mol. The van der Waals surface area contributed by atoms with Gasteiger partial charge < -0.3 is 10.1 Å². The molecule has 1 aromatic carbocycles. The van der Waals surface area contributed by atoms with Crippen LogP contribution in [0.1, 0.15) is 18.9 Å². The maximum Gasteiger partial charge on any atom is 0.390 e. The number of ether oxygens (including phenoxy) is 1. The van der Waals surface area contributed by atoms with E-state index in [1.54, 1.807) is 6.07 Å². The number of nitrogens with zero attached hydrogens (tertiary/aromatic N) is 1. The van der Waals surface area contributed by atoms with E-state index in [0.29, 0.717) is 11.3 Å². The third-order valence-electron chi connectivity index (χ3n) is 2.59. The topological polar surface area (TPSA) is 64.4 Å². The Hall–Kier alpha value is -1.83. The SMILES string of the molecule is COc1cc(CNC(C)CC(F)(F)F)cc([N+](=O)[O-])c1. The number of nitro groups is 1. The van der Waals surface area contributed by atoms with E-state index in [2.05, 4.69) is 5.32 Å². The average Bonchev–Trinajstić information content (AvgIpc) is 2.33. The van der Waals surface area contributed by atoms with Crippen LogP contribution in [0, 0.1) is 10.1 Å². The molecule has 0 saturated heterocycles. The van der Waals surface area contributed by atoms with Crippen molar-refractivity contribution >= 4 is 5.69 Å². The van der Waals surface area contributed by atoms with E-state index < -0.39 is 23.6 Å². The predicted octanol–water partition coefficient (Wildman–Crippen LogP) is 3.03. The zero-order chi connectivity index (χ0) is 15.3. The van der Waals surface area contributed by atoms with Crippen LogP contribution in [0.25, 0.3) is 0 Å². The number of hydrogen-bond acceptors (Lipinski definition) is 4. The molecular formula is C12H15F3N2O3. The van der Waals surface area contributed by atoms with Gasteiger partial charge >= 0.3 is 6.18 Å². The Kier molecular flexibility index (Phi) is 5.32. The molecule has 0 saturated carbocycles. The van der Waals surface area contributed by atoms with Gasteiger partial charge in [0.1, 0.15) is 5.75 Å². The number of rotatable bonds is 6. The second kappa shape index (κ2) is 6.56. The molecule has 8 heteroatoms. The first-order valence-corrected chi connectivity index (χ1v) is 5.84. The number of non-ortho nitro benzene ring substituents is 1. The number of alkyl halides is 3. The molecule has 1 rings (SSSR count). The van der Waals surface area contributed by atoms with Gasteiger partial charge in [-0.3, -0.25) is 10.1 Å². The van der Waals surface area contributed by atoms with E-state index in [4.69, 9.17) is 4.74 Å². The van der Waals surface area contributed by atoms with Crippen LogP contribution in [0.4, 0.5) is 18.9 Å². The Labute approximate surface area is 113 Å². The summed E-state index contributed by atoms with van der Waals surface area (Å²) in [4.78, 5) is 10.1. The smallest absolute Gasteiger partial charge is 0.390 e. The highest BCUT2D eigenvalue weighted by Gasteiger charge is 2.29. The molecule has 1 N–H and O–H groups in total. The molecule has 0 bridgehead atoms. The van der Waals surface area contributed by atoms with Gasteiger partial charge in [0.15, 0.2) is 0 Å². The van der Waals surface area contributed by atoms with Gasteiger partial charge in [-0.1, -0.05) is 0 Å². The molecule has 5 nitrogen and oxygen atoms in total. The van der Waals surface area contributed by atoms with Crippen molar-refractivity contribution in [3.63, 3.8) is 0 Å². The first-order valence-electron chi connectivity index (χ1n) is 5.84. The van der Waals surface area contributed by atoms with Crippen LogP contribution in [-0.4, -0.2) is 24.3 Å². The van der Waals surface area contributed by atoms with Crippen molar-refractivity contribution in [2.75, 3.05) is 7.11 Å². The van der Waals surface area contributed by atoms with E-state index >= 15 is 0 Å². The van der Waals surface area contributed by atoms with Crippen molar-refractivity contribution in [3.8, 4) is 5.75 Å². The Bertz CT molecular complexity index is 478. The normalized spacial score (nSPS) is 13.1. The van der Waals surface area contributed by atoms with Crippen molar-refractivity contribution in [2.24, 2.45) is 0 Å². The minimum Gasteiger partial charge on any atom is -0.496 e. The molecule has 20 heavy (non-hydrogen) atoms. The Morgan fingerprint density at radius 1 is 1.40 bits per heavy atom. The van der Waals surface area contributed by atoms with Crippen molar-refractivity contribution in [2.45, 2.75) is 32.1 Å². The molecule has 0 aliphatic rings. The molecule has 0 aromatic heterocycles. The molecule has 0 radical (unpaired) electrons. The molecule has 0 heterocycles. The van der Waals surface area contributed by atoms with Gasteiger partial charge in [-0.05, 0) is 18.6 Å². The molecule has 1 unspecified atom stereocenters. The predicted molar refractivity (Wildman–Crippen MR) is 66.6 cm³/mol. The molecular weight excluding hydrogens is 277 g/mol. The number of methoxy groups -OCH3 is 1. The third kappa shape index (κ3) is 5.43. The molecule has 0 amide bonds. The maximum absolute atomic E-state index is 12.2. The molecule has 0 aliphatic heterocycles. The van der Waals surface area contributed by atoms with Crippen molar-refractivity contribution in [1.82, 2.24) is 5.32 Å². The quantitative estimate of drug-likeness (QED) is 0.646. The van der Waals surface area contributed by atoms with Gasteiger partial charge in [0.05, 0.1) is 24.5 Å². The van der Waals surface area contributed by atoms with E-state index in [0.717, 1.165) is 0 Å². The zero-order valence-corrected chi connectivity index (χ0v) is 11.0. The lowest BCUT2D eigenvalue weighted by Gasteiger charge is -2.16. The summed E-state index contributed by atoms with van der Waals surface area (Å²) < 4.78 is 41.4. The first-order chi connectivity index (χ1) is 9.21. The molecule has 1 atom stereocenters. The molecule has 112 valence electrons. The van der Waals surface area contributed by atoms with Gasteiger partial charge in [-0.15, -0.1) is 0 Å². The first kappa shape index (κ1) is 16.2. The Balaban J connectivity index is 2.72.